The molecule has 0 bridgehead atoms. The molecule has 0 saturated carbocycles. The number of piperazine rings is 2. The molecule has 4 rings (SSSR count). The Hall–Kier alpha value is -3.07. The fraction of sp³-hybridized carbons (Fsp3) is 0.500. The number of para-hydroxylation sites is 2. The van der Waals surface area contributed by atoms with Gasteiger partial charge >= 0.3 is 0 Å². The van der Waals surface area contributed by atoms with Crippen LogP contribution in [-0.4, -0.2) is 91.7 Å². The van der Waals surface area contributed by atoms with Gasteiger partial charge in [0.15, 0.2) is 0 Å². The molecule has 2 aliphatic rings. The van der Waals surface area contributed by atoms with Crippen LogP contribution in [-0.2, 0) is 0 Å². The normalized spacial score (nSPS) is 17.7. The average molecular weight is 427 g/mol. The van der Waals surface area contributed by atoms with E-state index in [1.54, 1.807) is 12.0 Å². The Kier molecular flexibility index (Phi) is 6.41. The monoisotopic (exact) mass is 426 g/mol. The number of aromatic nitrogens is 2. The lowest BCUT2D eigenvalue weighted by molar-refractivity contribution is 0.0641. The Morgan fingerprint density at radius 1 is 1.03 bits per heavy atom. The Balaban J connectivity index is 1.40. The minimum Gasteiger partial charge on any atom is -0.495 e. The van der Waals surface area contributed by atoms with Gasteiger partial charge in [-0.05, 0) is 18.7 Å². The second kappa shape index (κ2) is 9.38. The first-order valence-electron chi connectivity index (χ1n) is 10.8. The summed E-state index contributed by atoms with van der Waals surface area (Å²) in [6, 6.07) is 7.97. The topological polar surface area (TPSA) is 85.0 Å². The van der Waals surface area contributed by atoms with Crippen LogP contribution in [0.1, 0.15) is 17.3 Å². The van der Waals surface area contributed by atoms with Crippen LogP contribution in [0.5, 0.6) is 5.75 Å². The zero-order chi connectivity index (χ0) is 21.8. The highest BCUT2D eigenvalue weighted by Gasteiger charge is 2.25. The first-order valence-corrected chi connectivity index (χ1v) is 10.8. The highest BCUT2D eigenvalue weighted by Crippen LogP contribution is 2.28. The van der Waals surface area contributed by atoms with Crippen molar-refractivity contribution in [2.24, 2.45) is 0 Å². The van der Waals surface area contributed by atoms with Crippen molar-refractivity contribution < 1.29 is 9.53 Å². The molecule has 1 aromatic heterocycles. The fourth-order valence-electron chi connectivity index (χ4n) is 4.19. The Labute approximate surface area is 182 Å². The summed E-state index contributed by atoms with van der Waals surface area (Å²) in [4.78, 5) is 41.0. The number of carbonyl (C=O) groups is 1. The molecule has 1 N–H and O–H groups in total. The van der Waals surface area contributed by atoms with Crippen molar-refractivity contribution in [2.45, 2.75) is 6.92 Å². The van der Waals surface area contributed by atoms with E-state index in [1.165, 1.54) is 6.20 Å². The Bertz CT molecular complexity index is 962. The van der Waals surface area contributed by atoms with Crippen LogP contribution in [0.2, 0.25) is 0 Å². The fourth-order valence-corrected chi connectivity index (χ4v) is 4.19. The molecule has 2 aliphatic heterocycles. The van der Waals surface area contributed by atoms with Crippen molar-refractivity contribution in [1.29, 1.82) is 0 Å². The van der Waals surface area contributed by atoms with Gasteiger partial charge in [-0.2, -0.15) is 0 Å². The van der Waals surface area contributed by atoms with E-state index >= 15 is 0 Å². The molecule has 2 fully saturated rings. The largest absolute Gasteiger partial charge is 0.495 e. The molecule has 1 amide bonds. The number of hydrogen-bond donors (Lipinski definition) is 1. The number of hydrogen-bond acceptors (Lipinski definition) is 7. The second-order valence-electron chi connectivity index (χ2n) is 7.82. The van der Waals surface area contributed by atoms with Crippen LogP contribution < -0.4 is 20.1 Å². The predicted octanol–water partition coefficient (Wildman–Crippen LogP) is 0.883. The number of ether oxygens (including phenoxy) is 1. The highest BCUT2D eigenvalue weighted by molar-refractivity contribution is 5.93. The maximum atomic E-state index is 12.8. The second-order valence-corrected chi connectivity index (χ2v) is 7.82. The zero-order valence-corrected chi connectivity index (χ0v) is 18.2. The summed E-state index contributed by atoms with van der Waals surface area (Å²) < 4.78 is 5.47. The summed E-state index contributed by atoms with van der Waals surface area (Å²) in [5.74, 6) is 1.12. The molecule has 2 aromatic rings. The number of methoxy groups -OCH3 is 1. The molecule has 9 heteroatoms. The Morgan fingerprint density at radius 2 is 1.71 bits per heavy atom. The molecular formula is C22H30N6O3. The predicted molar refractivity (Wildman–Crippen MR) is 120 cm³/mol. The lowest BCUT2D eigenvalue weighted by Crippen LogP contribution is -2.50. The smallest absolute Gasteiger partial charge is 0.265 e. The first-order chi connectivity index (χ1) is 15.1. The third-order valence-corrected chi connectivity index (χ3v) is 6.13. The number of benzene rings is 1. The molecule has 0 atom stereocenters. The van der Waals surface area contributed by atoms with Crippen LogP contribution in [0.3, 0.4) is 0 Å². The molecule has 3 heterocycles. The van der Waals surface area contributed by atoms with Crippen molar-refractivity contribution in [3.63, 3.8) is 0 Å². The van der Waals surface area contributed by atoms with Crippen molar-refractivity contribution in [3.05, 3.63) is 46.4 Å². The molecule has 0 radical (unpaired) electrons. The number of nitrogens with zero attached hydrogens (tertiary/aromatic N) is 5. The van der Waals surface area contributed by atoms with Crippen LogP contribution in [0.25, 0.3) is 0 Å². The SMILES string of the molecule is CCN1CCN(C(=O)c2cnc(N3CCN(c4ccccc4OC)CC3)[nH]c2=O)CC1. The van der Waals surface area contributed by atoms with Crippen LogP contribution in [0.4, 0.5) is 11.6 Å². The van der Waals surface area contributed by atoms with Crippen molar-refractivity contribution in [3.8, 4) is 5.75 Å². The maximum Gasteiger partial charge on any atom is 0.265 e. The Morgan fingerprint density at radius 3 is 2.35 bits per heavy atom. The average Bonchev–Trinajstić information content (AvgIpc) is 2.83. The van der Waals surface area contributed by atoms with E-state index in [2.05, 4.69) is 32.8 Å². The number of carbonyl (C=O) groups excluding carboxylic acids is 1. The summed E-state index contributed by atoms with van der Waals surface area (Å²) in [5, 5.41) is 0. The lowest BCUT2D eigenvalue weighted by Gasteiger charge is -2.36. The van der Waals surface area contributed by atoms with Crippen LogP contribution >= 0.6 is 0 Å². The summed E-state index contributed by atoms with van der Waals surface area (Å²) in [5.41, 5.74) is 0.802. The van der Waals surface area contributed by atoms with E-state index in [9.17, 15) is 9.59 Å². The van der Waals surface area contributed by atoms with E-state index in [-0.39, 0.29) is 17.0 Å². The molecule has 2 saturated heterocycles. The number of anilines is 2. The number of nitrogens with one attached hydrogen (secondary N) is 1. The van der Waals surface area contributed by atoms with E-state index < -0.39 is 0 Å². The van der Waals surface area contributed by atoms with Gasteiger partial charge in [-0.1, -0.05) is 19.1 Å². The van der Waals surface area contributed by atoms with E-state index in [0.717, 1.165) is 44.2 Å². The molecule has 1 aromatic carbocycles. The van der Waals surface area contributed by atoms with Gasteiger partial charge in [-0.3, -0.25) is 14.6 Å². The van der Waals surface area contributed by atoms with Gasteiger partial charge in [0.2, 0.25) is 5.95 Å². The van der Waals surface area contributed by atoms with Gasteiger partial charge in [0.25, 0.3) is 11.5 Å². The molecule has 0 spiro atoms. The number of likely N-dealkylation sites (N-methyl/N-ethyl adjacent to an activating group) is 1. The van der Waals surface area contributed by atoms with Gasteiger partial charge in [0.05, 0.1) is 12.8 Å². The summed E-state index contributed by atoms with van der Waals surface area (Å²) in [7, 11) is 1.68. The van der Waals surface area contributed by atoms with E-state index in [0.29, 0.717) is 32.1 Å². The third kappa shape index (κ3) is 4.51. The van der Waals surface area contributed by atoms with Gasteiger partial charge in [0.1, 0.15) is 11.3 Å². The van der Waals surface area contributed by atoms with Crippen molar-refractivity contribution in [2.75, 3.05) is 75.8 Å². The molecular weight excluding hydrogens is 396 g/mol. The standard InChI is InChI=1S/C22H30N6O3/c1-3-25-8-10-27(11-9-25)21(30)17-16-23-22(24-20(17)29)28-14-12-26(13-15-28)18-6-4-5-7-19(18)31-2/h4-7,16H,3,8-15H2,1-2H3,(H,23,24,29). The van der Waals surface area contributed by atoms with Gasteiger partial charge < -0.3 is 24.3 Å². The number of rotatable bonds is 5. The zero-order valence-electron chi connectivity index (χ0n) is 18.2. The lowest BCUT2D eigenvalue weighted by atomic mass is 10.2. The molecule has 0 unspecified atom stereocenters. The maximum absolute atomic E-state index is 12.8. The minimum absolute atomic E-state index is 0.112. The number of amides is 1. The van der Waals surface area contributed by atoms with Gasteiger partial charge in [-0.25, -0.2) is 4.98 Å². The quantitative estimate of drug-likeness (QED) is 0.760. The molecule has 9 nitrogen and oxygen atoms in total. The summed E-state index contributed by atoms with van der Waals surface area (Å²) in [6.45, 7) is 9.03. The molecule has 31 heavy (non-hydrogen) atoms. The van der Waals surface area contributed by atoms with Crippen LogP contribution in [0, 0.1) is 0 Å². The minimum atomic E-state index is -0.375. The highest BCUT2D eigenvalue weighted by atomic mass is 16.5. The molecule has 0 aliphatic carbocycles. The summed E-state index contributed by atoms with van der Waals surface area (Å²) >= 11 is 0. The first kappa shape index (κ1) is 21.2. The number of aromatic amines is 1. The van der Waals surface area contributed by atoms with Crippen molar-refractivity contribution in [1.82, 2.24) is 19.8 Å². The number of H-pyrrole nitrogens is 1. The van der Waals surface area contributed by atoms with Gasteiger partial charge in [0, 0.05) is 58.6 Å². The van der Waals surface area contributed by atoms with Crippen LogP contribution in [0.15, 0.2) is 35.3 Å². The third-order valence-electron chi connectivity index (χ3n) is 6.13. The van der Waals surface area contributed by atoms with Crippen molar-refractivity contribution >= 4 is 17.5 Å². The van der Waals surface area contributed by atoms with E-state index in [1.807, 2.05) is 23.1 Å². The molecule has 166 valence electrons. The van der Waals surface area contributed by atoms with Gasteiger partial charge in [-0.15, -0.1) is 0 Å². The van der Waals surface area contributed by atoms with E-state index in [4.69, 9.17) is 4.74 Å². The summed E-state index contributed by atoms with van der Waals surface area (Å²) in [6.07, 6.45) is 1.43.